The highest BCUT2D eigenvalue weighted by atomic mass is 31.2. The number of likely N-dealkylation sites (N-methyl/N-ethyl adjacent to an activating group) is 1. The second kappa shape index (κ2) is 49.8. The Hall–Kier alpha value is -2.81. The molecule has 1 amide bonds. The highest BCUT2D eigenvalue weighted by Gasteiger charge is 2.27. The van der Waals surface area contributed by atoms with E-state index in [2.05, 4.69) is 38.2 Å². The fraction of sp³-hybridized carbons (Fsp3) is 0.733. The van der Waals surface area contributed by atoms with Gasteiger partial charge in [0.2, 0.25) is 5.91 Å². The molecule has 3 unspecified atom stereocenters. The number of carbonyl (C=O) groups is 2. The van der Waals surface area contributed by atoms with E-state index >= 15 is 0 Å². The van der Waals surface area contributed by atoms with Crippen LogP contribution in [0.2, 0.25) is 0 Å². The predicted octanol–water partition coefficient (Wildman–Crippen LogP) is 16.4. The van der Waals surface area contributed by atoms with Crippen molar-refractivity contribution in [1.29, 1.82) is 0 Å². The van der Waals surface area contributed by atoms with E-state index in [4.69, 9.17) is 13.8 Å². The Morgan fingerprint density at radius 1 is 0.514 bits per heavy atom. The number of nitrogens with one attached hydrogen (secondary N) is 1. The van der Waals surface area contributed by atoms with Crippen LogP contribution in [0, 0.1) is 0 Å². The van der Waals surface area contributed by atoms with E-state index in [1.54, 1.807) is 0 Å². The minimum atomic E-state index is -4.71. The maximum atomic E-state index is 13.5. The quantitative estimate of drug-likeness (QED) is 0.0161. The van der Waals surface area contributed by atoms with Crippen molar-refractivity contribution in [2.45, 2.75) is 245 Å². The van der Waals surface area contributed by atoms with Crippen molar-refractivity contribution in [3.63, 3.8) is 0 Å². The van der Waals surface area contributed by atoms with Gasteiger partial charge in [-0.15, -0.1) is 0 Å². The molecule has 0 aliphatic carbocycles. The Labute approximate surface area is 431 Å². The van der Waals surface area contributed by atoms with Crippen LogP contribution in [0.5, 0.6) is 0 Å². The number of hydrogen-bond donors (Lipinski definition) is 1. The summed E-state index contributed by atoms with van der Waals surface area (Å²) in [6, 6.07) is -0.913. The Morgan fingerprint density at radius 3 is 1.39 bits per heavy atom. The van der Waals surface area contributed by atoms with Crippen LogP contribution >= 0.6 is 7.82 Å². The van der Waals surface area contributed by atoms with Gasteiger partial charge in [0, 0.05) is 12.8 Å². The molecule has 0 aromatic heterocycles. The normalized spacial score (nSPS) is 14.4. The molecule has 0 aliphatic heterocycles. The van der Waals surface area contributed by atoms with E-state index in [-0.39, 0.29) is 31.3 Å². The van der Waals surface area contributed by atoms with Gasteiger partial charge < -0.3 is 28.5 Å². The summed E-state index contributed by atoms with van der Waals surface area (Å²) >= 11 is 0. The molecular formula is C60H107N2O7P. The van der Waals surface area contributed by atoms with Crippen molar-refractivity contribution >= 4 is 19.7 Å². The van der Waals surface area contributed by atoms with Gasteiger partial charge >= 0.3 is 5.97 Å². The number of phosphoric acid groups is 1. The summed E-state index contributed by atoms with van der Waals surface area (Å²) in [5, 5.41) is 2.99. The minimum absolute atomic E-state index is 0.0342. The number of phosphoric ester groups is 1. The van der Waals surface area contributed by atoms with Gasteiger partial charge in [-0.25, -0.2) is 0 Å². The highest BCUT2D eigenvalue weighted by molar-refractivity contribution is 7.45. The Bertz CT molecular complexity index is 1480. The number of amides is 1. The van der Waals surface area contributed by atoms with Crippen LogP contribution in [0.4, 0.5) is 0 Å². The van der Waals surface area contributed by atoms with Crippen molar-refractivity contribution in [2.75, 3.05) is 40.9 Å². The molecule has 70 heavy (non-hydrogen) atoms. The van der Waals surface area contributed by atoms with Gasteiger partial charge in [0.25, 0.3) is 7.82 Å². The first-order valence-electron chi connectivity index (χ1n) is 28.5. The number of unbranched alkanes of at least 4 members (excludes halogenated alkanes) is 27. The van der Waals surface area contributed by atoms with E-state index in [9.17, 15) is 19.0 Å². The smallest absolute Gasteiger partial charge is 0.306 e. The molecule has 0 aromatic carbocycles. The van der Waals surface area contributed by atoms with Crippen LogP contribution in [0.25, 0.3) is 0 Å². The first-order valence-corrected chi connectivity index (χ1v) is 29.9. The van der Waals surface area contributed by atoms with Gasteiger partial charge in [-0.05, 0) is 51.0 Å². The molecule has 0 spiro atoms. The lowest BCUT2D eigenvalue weighted by atomic mass is 10.0. The van der Waals surface area contributed by atoms with Crippen LogP contribution in [0.3, 0.4) is 0 Å². The molecule has 10 heteroatoms. The first kappa shape index (κ1) is 67.2. The predicted molar refractivity (Wildman–Crippen MR) is 298 cm³/mol. The van der Waals surface area contributed by atoms with E-state index in [1.165, 1.54) is 128 Å². The highest BCUT2D eigenvalue weighted by Crippen LogP contribution is 2.38. The largest absolute Gasteiger partial charge is 0.756 e. The topological polar surface area (TPSA) is 114 Å². The Kier molecular flexibility index (Phi) is 47.8. The summed E-state index contributed by atoms with van der Waals surface area (Å²) in [5.74, 6) is -0.592. The molecule has 0 bridgehead atoms. The number of esters is 1. The average Bonchev–Trinajstić information content (AvgIpc) is 3.32. The Morgan fingerprint density at radius 2 is 0.914 bits per heavy atom. The third kappa shape index (κ3) is 50.1. The molecule has 1 N–H and O–H groups in total. The number of rotatable bonds is 50. The first-order chi connectivity index (χ1) is 33.9. The van der Waals surface area contributed by atoms with Crippen LogP contribution in [0.1, 0.15) is 233 Å². The van der Waals surface area contributed by atoms with E-state index in [0.29, 0.717) is 17.4 Å². The lowest BCUT2D eigenvalue weighted by Gasteiger charge is -2.30. The zero-order valence-corrected chi connectivity index (χ0v) is 46.8. The third-order valence-corrected chi connectivity index (χ3v) is 13.2. The van der Waals surface area contributed by atoms with E-state index < -0.39 is 26.6 Å². The van der Waals surface area contributed by atoms with Crippen molar-refractivity contribution in [3.05, 3.63) is 85.1 Å². The summed E-state index contributed by atoms with van der Waals surface area (Å²) < 4.78 is 30.2. The van der Waals surface area contributed by atoms with Gasteiger partial charge in [0.05, 0.1) is 33.8 Å². The molecule has 0 aliphatic rings. The molecule has 9 nitrogen and oxygen atoms in total. The molecule has 0 aromatic rings. The lowest BCUT2D eigenvalue weighted by Crippen LogP contribution is -2.47. The summed E-state index contributed by atoms with van der Waals surface area (Å²) in [6.07, 6.45) is 64.0. The number of quaternary nitrogens is 1. The van der Waals surface area contributed by atoms with Gasteiger partial charge in [-0.2, -0.15) is 0 Å². The third-order valence-electron chi connectivity index (χ3n) is 12.3. The molecule has 0 rings (SSSR count). The van der Waals surface area contributed by atoms with Gasteiger partial charge in [0.1, 0.15) is 19.3 Å². The lowest BCUT2D eigenvalue weighted by molar-refractivity contribution is -0.870. The molecular weight excluding hydrogens is 892 g/mol. The average molecular weight is 999 g/mol. The van der Waals surface area contributed by atoms with Gasteiger partial charge in [-0.1, -0.05) is 254 Å². The number of allylic oxidation sites excluding steroid dienone is 13. The fourth-order valence-electron chi connectivity index (χ4n) is 7.85. The van der Waals surface area contributed by atoms with Crippen molar-refractivity contribution < 1.29 is 37.3 Å². The number of carbonyl (C=O) groups excluding carboxylic acids is 2. The maximum absolute atomic E-state index is 13.5. The van der Waals surface area contributed by atoms with Crippen LogP contribution < -0.4 is 10.2 Å². The van der Waals surface area contributed by atoms with Crippen LogP contribution in [-0.2, 0) is 27.9 Å². The molecule has 3 atom stereocenters. The SMILES string of the molecule is CC\C=C/C=C/C=C/C=C\C=C\C=C\CCCCCC(=O)NC(COP(=O)([O-])OCC[N+](C)(C)C)C(/C=C/CCCCCCCCCCCC)OC(=O)CCCCCCCCCCCCCCCCC. The monoisotopic (exact) mass is 999 g/mol. The standard InChI is InChI=1S/C60H107N2O7P/c1-7-10-13-16-19-22-25-28-30-31-33-34-37-40-43-46-49-52-59(63)61-57(56-68-70(65,66)67-55-54-62(4,5)6)58(51-48-45-42-39-36-27-24-21-18-15-12-9-3)69-60(64)53-50-47-44-41-38-35-32-29-26-23-20-17-14-11-8-2/h10,13,16,19,22,25,28,30-31,33-34,37,48,51,57-58H,7-9,11-12,14-15,17-18,20-21,23-24,26-27,29,32,35-36,38-47,49-50,52-56H2,1-6H3,(H-,61,63,65,66)/b13-10-,19-16+,25-22+,30-28-,33-31+,37-34+,51-48+. The van der Waals surface area contributed by atoms with Crippen LogP contribution in [-0.4, -0.2) is 69.4 Å². The summed E-state index contributed by atoms with van der Waals surface area (Å²) in [4.78, 5) is 39.8. The zero-order valence-electron chi connectivity index (χ0n) is 45.9. The van der Waals surface area contributed by atoms with Crippen LogP contribution in [0.15, 0.2) is 85.1 Å². The van der Waals surface area contributed by atoms with Crippen molar-refractivity contribution in [3.8, 4) is 0 Å². The second-order valence-electron chi connectivity index (χ2n) is 20.2. The fourth-order valence-corrected chi connectivity index (χ4v) is 8.57. The van der Waals surface area contributed by atoms with Crippen molar-refractivity contribution in [1.82, 2.24) is 5.32 Å². The Balaban J connectivity index is 5.45. The summed E-state index contributed by atoms with van der Waals surface area (Å²) in [7, 11) is 1.15. The second-order valence-corrected chi connectivity index (χ2v) is 21.6. The van der Waals surface area contributed by atoms with E-state index in [1.807, 2.05) is 94.1 Å². The zero-order chi connectivity index (χ0) is 51.5. The van der Waals surface area contributed by atoms with Gasteiger partial charge in [-0.3, -0.25) is 14.2 Å². The molecule has 0 fully saturated rings. The molecule has 0 saturated heterocycles. The maximum Gasteiger partial charge on any atom is 0.306 e. The molecule has 0 radical (unpaired) electrons. The van der Waals surface area contributed by atoms with Gasteiger partial charge in [0.15, 0.2) is 0 Å². The molecule has 0 heterocycles. The number of nitrogens with zero attached hydrogens (tertiary/aromatic N) is 1. The number of hydrogen-bond acceptors (Lipinski definition) is 7. The minimum Gasteiger partial charge on any atom is -0.756 e. The molecule has 404 valence electrons. The number of ether oxygens (including phenoxy) is 1. The van der Waals surface area contributed by atoms with Crippen molar-refractivity contribution in [2.24, 2.45) is 0 Å². The summed E-state index contributed by atoms with van der Waals surface area (Å²) in [6.45, 7) is 6.65. The summed E-state index contributed by atoms with van der Waals surface area (Å²) in [5.41, 5.74) is 0. The molecule has 0 saturated carbocycles. The van der Waals surface area contributed by atoms with E-state index in [0.717, 1.165) is 64.2 Å².